The first-order valence-corrected chi connectivity index (χ1v) is 8.52. The van der Waals surface area contributed by atoms with E-state index in [9.17, 15) is 0 Å². The molecule has 1 saturated carbocycles. The van der Waals surface area contributed by atoms with Crippen molar-refractivity contribution in [3.63, 3.8) is 0 Å². The van der Waals surface area contributed by atoms with Crippen LogP contribution in [0.15, 0.2) is 42.5 Å². The van der Waals surface area contributed by atoms with Crippen LogP contribution in [-0.2, 0) is 5.41 Å². The molecule has 21 heavy (non-hydrogen) atoms. The molecule has 0 aromatic heterocycles. The molecule has 1 spiro atoms. The molecule has 2 aromatic carbocycles. The highest BCUT2D eigenvalue weighted by molar-refractivity contribution is 5.81. The van der Waals surface area contributed by atoms with Crippen molar-refractivity contribution in [3.8, 4) is 11.1 Å². The Labute approximate surface area is 128 Å². The van der Waals surface area contributed by atoms with Crippen LogP contribution in [0.5, 0.6) is 0 Å². The van der Waals surface area contributed by atoms with Crippen LogP contribution in [0.1, 0.15) is 61.6 Å². The molecule has 0 heterocycles. The Morgan fingerprint density at radius 1 is 0.714 bits per heavy atom. The normalized spacial score (nSPS) is 19.7. The lowest BCUT2D eigenvalue weighted by molar-refractivity contribution is 0.373. The molecule has 108 valence electrons. The predicted octanol–water partition coefficient (Wildman–Crippen LogP) is 6.01. The Bertz CT molecular complexity index is 657. The Morgan fingerprint density at radius 2 is 1.38 bits per heavy atom. The number of benzene rings is 2. The van der Waals surface area contributed by atoms with Gasteiger partial charge >= 0.3 is 0 Å². The molecule has 0 amide bonds. The second-order valence-corrected chi connectivity index (χ2v) is 6.94. The highest BCUT2D eigenvalue weighted by Crippen LogP contribution is 2.54. The van der Waals surface area contributed by atoms with Gasteiger partial charge in [0.25, 0.3) is 0 Å². The van der Waals surface area contributed by atoms with Crippen molar-refractivity contribution in [2.75, 3.05) is 0 Å². The van der Waals surface area contributed by atoms with E-state index < -0.39 is 0 Å². The number of rotatable bonds is 0. The van der Waals surface area contributed by atoms with Gasteiger partial charge < -0.3 is 0 Å². The Morgan fingerprint density at radius 3 is 2.19 bits per heavy atom. The lowest BCUT2D eigenvalue weighted by Gasteiger charge is -2.34. The van der Waals surface area contributed by atoms with Crippen molar-refractivity contribution in [3.05, 3.63) is 59.2 Å². The lowest BCUT2D eigenvalue weighted by Crippen LogP contribution is -2.26. The van der Waals surface area contributed by atoms with Crippen molar-refractivity contribution in [2.45, 2.75) is 57.3 Å². The maximum absolute atomic E-state index is 2.47. The fourth-order valence-corrected chi connectivity index (χ4v) is 4.62. The fourth-order valence-electron chi connectivity index (χ4n) is 4.62. The van der Waals surface area contributed by atoms with E-state index in [2.05, 4.69) is 49.4 Å². The molecule has 0 atom stereocenters. The summed E-state index contributed by atoms with van der Waals surface area (Å²) in [7, 11) is 0. The molecule has 0 aliphatic heterocycles. The van der Waals surface area contributed by atoms with Crippen LogP contribution in [0.3, 0.4) is 0 Å². The van der Waals surface area contributed by atoms with Gasteiger partial charge in [0.15, 0.2) is 0 Å². The zero-order chi connectivity index (χ0) is 14.3. The summed E-state index contributed by atoms with van der Waals surface area (Å²) in [6, 6.07) is 16.3. The van der Waals surface area contributed by atoms with Crippen LogP contribution in [0.2, 0.25) is 0 Å². The quantitative estimate of drug-likeness (QED) is 0.553. The van der Waals surface area contributed by atoms with E-state index in [4.69, 9.17) is 0 Å². The van der Waals surface area contributed by atoms with E-state index in [-0.39, 0.29) is 0 Å². The first-order valence-electron chi connectivity index (χ1n) is 8.52. The molecule has 0 unspecified atom stereocenters. The molecule has 0 bridgehead atoms. The minimum atomic E-state index is 0.304. The van der Waals surface area contributed by atoms with Crippen molar-refractivity contribution in [1.29, 1.82) is 0 Å². The highest BCUT2D eigenvalue weighted by Gasteiger charge is 2.42. The third-order valence-electron chi connectivity index (χ3n) is 5.63. The van der Waals surface area contributed by atoms with Crippen LogP contribution in [0.4, 0.5) is 0 Å². The summed E-state index contributed by atoms with van der Waals surface area (Å²) < 4.78 is 0. The summed E-state index contributed by atoms with van der Waals surface area (Å²) in [5, 5.41) is 0. The van der Waals surface area contributed by atoms with Crippen LogP contribution in [0.25, 0.3) is 11.1 Å². The summed E-state index contributed by atoms with van der Waals surface area (Å²) in [6.45, 7) is 2.24. The molecular formula is C21H24. The lowest BCUT2D eigenvalue weighted by atomic mass is 9.69. The molecule has 0 radical (unpaired) electrons. The van der Waals surface area contributed by atoms with Gasteiger partial charge in [-0.2, -0.15) is 0 Å². The molecule has 0 nitrogen and oxygen atoms in total. The molecule has 0 saturated heterocycles. The van der Waals surface area contributed by atoms with Crippen molar-refractivity contribution >= 4 is 0 Å². The highest BCUT2D eigenvalue weighted by atomic mass is 14.4. The van der Waals surface area contributed by atoms with Gasteiger partial charge in [0.05, 0.1) is 0 Å². The van der Waals surface area contributed by atoms with Crippen molar-refractivity contribution < 1.29 is 0 Å². The molecule has 2 aromatic rings. The molecule has 0 N–H and O–H groups in total. The molecule has 2 aliphatic rings. The van der Waals surface area contributed by atoms with Gasteiger partial charge in [-0.3, -0.25) is 0 Å². The van der Waals surface area contributed by atoms with Crippen molar-refractivity contribution in [1.82, 2.24) is 0 Å². The average Bonchev–Trinajstić information content (AvgIpc) is 2.74. The van der Waals surface area contributed by atoms with E-state index >= 15 is 0 Å². The van der Waals surface area contributed by atoms with Gasteiger partial charge in [-0.15, -0.1) is 0 Å². The number of hydrogen-bond acceptors (Lipinski definition) is 0. The number of aryl methyl sites for hydroxylation is 1. The first-order chi connectivity index (χ1) is 10.3. The minimum absolute atomic E-state index is 0.304. The summed E-state index contributed by atoms with van der Waals surface area (Å²) >= 11 is 0. The number of hydrogen-bond donors (Lipinski definition) is 0. The van der Waals surface area contributed by atoms with Crippen molar-refractivity contribution in [2.24, 2.45) is 0 Å². The summed E-state index contributed by atoms with van der Waals surface area (Å²) in [5.74, 6) is 0. The second-order valence-electron chi connectivity index (χ2n) is 6.94. The summed E-state index contributed by atoms with van der Waals surface area (Å²) in [4.78, 5) is 0. The maximum Gasteiger partial charge on any atom is 0.0215 e. The smallest absolute Gasteiger partial charge is 0.0215 e. The van der Waals surface area contributed by atoms with Crippen LogP contribution < -0.4 is 0 Å². The first kappa shape index (κ1) is 13.1. The fraction of sp³-hybridized carbons (Fsp3) is 0.429. The van der Waals surface area contributed by atoms with E-state index in [0.717, 1.165) is 0 Å². The third-order valence-corrected chi connectivity index (χ3v) is 5.63. The third kappa shape index (κ3) is 1.96. The van der Waals surface area contributed by atoms with Crippen LogP contribution in [0, 0.1) is 6.92 Å². The van der Waals surface area contributed by atoms with Gasteiger partial charge in [0.1, 0.15) is 0 Å². The van der Waals surface area contributed by atoms with E-state index in [1.54, 1.807) is 11.1 Å². The Balaban J connectivity index is 1.95. The minimum Gasteiger partial charge on any atom is -0.0619 e. The largest absolute Gasteiger partial charge is 0.0619 e. The van der Waals surface area contributed by atoms with Crippen LogP contribution >= 0.6 is 0 Å². The second kappa shape index (κ2) is 5.02. The maximum atomic E-state index is 2.47. The van der Waals surface area contributed by atoms with Gasteiger partial charge in [0.2, 0.25) is 0 Å². The average molecular weight is 276 g/mol. The van der Waals surface area contributed by atoms with Gasteiger partial charge in [-0.05, 0) is 42.0 Å². The van der Waals surface area contributed by atoms with Gasteiger partial charge in [0, 0.05) is 5.41 Å². The van der Waals surface area contributed by atoms with E-state index in [1.807, 2.05) is 0 Å². The van der Waals surface area contributed by atoms with Gasteiger partial charge in [-0.1, -0.05) is 80.1 Å². The predicted molar refractivity (Wildman–Crippen MR) is 89.7 cm³/mol. The van der Waals surface area contributed by atoms with E-state index in [0.29, 0.717) is 5.41 Å². The SMILES string of the molecule is Cc1ccc2c(c1)C1(CCCCCCC1)c1ccccc1-2. The Kier molecular flexibility index (Phi) is 3.14. The topological polar surface area (TPSA) is 0 Å². The zero-order valence-corrected chi connectivity index (χ0v) is 13.0. The molecule has 2 aliphatic carbocycles. The molecule has 0 heteroatoms. The molecule has 4 rings (SSSR count). The van der Waals surface area contributed by atoms with Crippen LogP contribution in [-0.4, -0.2) is 0 Å². The standard InChI is InChI=1S/C21H24/c1-16-11-12-18-17-9-5-6-10-19(17)21(20(18)15-16)13-7-3-2-4-8-14-21/h5-6,9-12,15H,2-4,7-8,13-14H2,1H3. The Hall–Kier alpha value is -1.56. The number of fused-ring (bicyclic) bond motifs is 5. The zero-order valence-electron chi connectivity index (χ0n) is 13.0. The summed E-state index contributed by atoms with van der Waals surface area (Å²) in [6.07, 6.45) is 9.67. The summed E-state index contributed by atoms with van der Waals surface area (Å²) in [5.41, 5.74) is 7.92. The molecule has 1 fully saturated rings. The monoisotopic (exact) mass is 276 g/mol. The van der Waals surface area contributed by atoms with E-state index in [1.165, 1.54) is 61.6 Å². The molecular weight excluding hydrogens is 252 g/mol. The van der Waals surface area contributed by atoms with Gasteiger partial charge in [-0.25, -0.2) is 0 Å².